The van der Waals surface area contributed by atoms with Gasteiger partial charge in [-0.2, -0.15) is 0 Å². The summed E-state index contributed by atoms with van der Waals surface area (Å²) in [4.78, 5) is 16.5. The van der Waals surface area contributed by atoms with Crippen LogP contribution in [0.2, 0.25) is 0 Å². The van der Waals surface area contributed by atoms with E-state index in [0.29, 0.717) is 15.8 Å². The molecular weight excluding hydrogens is 270 g/mol. The van der Waals surface area contributed by atoms with Crippen molar-refractivity contribution in [1.29, 1.82) is 0 Å². The van der Waals surface area contributed by atoms with Crippen LogP contribution in [0.4, 0.5) is 0 Å². The van der Waals surface area contributed by atoms with Crippen molar-refractivity contribution in [3.05, 3.63) is 27.7 Å². The van der Waals surface area contributed by atoms with Crippen molar-refractivity contribution in [2.75, 3.05) is 0 Å². The highest BCUT2D eigenvalue weighted by atomic mass is 32.2. The first-order valence-corrected chi connectivity index (χ1v) is 7.35. The Kier molecular flexibility index (Phi) is 4.38. The average molecular weight is 283 g/mol. The van der Waals surface area contributed by atoms with E-state index in [1.165, 1.54) is 23.1 Å². The number of aromatic amines is 1. The van der Waals surface area contributed by atoms with E-state index in [1.807, 2.05) is 6.07 Å². The number of nitrogens with one attached hydrogen (secondary N) is 1. The number of nitrogens with zero attached hydrogens (tertiary/aromatic N) is 2. The SMILES string of the molecule is CCCc1nc(SCc2ccc(C(=O)O)s2)n[nH]1. The highest BCUT2D eigenvalue weighted by Gasteiger charge is 2.08. The van der Waals surface area contributed by atoms with Gasteiger partial charge in [0.25, 0.3) is 0 Å². The normalized spacial score (nSPS) is 10.7. The van der Waals surface area contributed by atoms with Crippen molar-refractivity contribution in [3.63, 3.8) is 0 Å². The average Bonchev–Trinajstić information content (AvgIpc) is 2.95. The Hall–Kier alpha value is -1.34. The number of hydrogen-bond acceptors (Lipinski definition) is 5. The molecule has 0 saturated heterocycles. The highest BCUT2D eigenvalue weighted by molar-refractivity contribution is 7.98. The number of H-pyrrole nitrogens is 1. The van der Waals surface area contributed by atoms with Crippen LogP contribution in [0, 0.1) is 0 Å². The molecule has 0 fully saturated rings. The van der Waals surface area contributed by atoms with Crippen LogP contribution in [0.3, 0.4) is 0 Å². The van der Waals surface area contributed by atoms with Crippen LogP contribution in [0.25, 0.3) is 0 Å². The number of carboxylic acids is 1. The topological polar surface area (TPSA) is 78.9 Å². The predicted octanol–water partition coefficient (Wildman–Crippen LogP) is 2.81. The van der Waals surface area contributed by atoms with E-state index in [9.17, 15) is 4.79 Å². The lowest BCUT2D eigenvalue weighted by molar-refractivity contribution is 0.0702. The maximum Gasteiger partial charge on any atom is 0.345 e. The number of aromatic nitrogens is 3. The smallest absolute Gasteiger partial charge is 0.345 e. The molecule has 0 aliphatic carbocycles. The molecule has 18 heavy (non-hydrogen) atoms. The molecule has 7 heteroatoms. The van der Waals surface area contributed by atoms with Gasteiger partial charge in [0.05, 0.1) is 0 Å². The Morgan fingerprint density at radius 1 is 1.56 bits per heavy atom. The maximum atomic E-state index is 10.7. The standard InChI is InChI=1S/C11H13N3O2S2/c1-2-3-9-12-11(14-13-9)17-6-7-4-5-8(18-7)10(15)16/h4-5H,2-3,6H2,1H3,(H,15,16)(H,12,13,14). The summed E-state index contributed by atoms with van der Waals surface area (Å²) in [5.74, 6) is 0.721. The van der Waals surface area contributed by atoms with Gasteiger partial charge in [0.1, 0.15) is 10.7 Å². The van der Waals surface area contributed by atoms with Crippen LogP contribution >= 0.6 is 23.1 Å². The Balaban J connectivity index is 1.91. The monoisotopic (exact) mass is 283 g/mol. The number of thioether (sulfide) groups is 1. The summed E-state index contributed by atoms with van der Waals surface area (Å²) in [7, 11) is 0. The van der Waals surface area contributed by atoms with Crippen molar-refractivity contribution < 1.29 is 9.90 Å². The zero-order chi connectivity index (χ0) is 13.0. The van der Waals surface area contributed by atoms with Gasteiger partial charge in [-0.05, 0) is 18.6 Å². The number of aromatic carboxylic acids is 1. The van der Waals surface area contributed by atoms with Gasteiger partial charge in [0, 0.05) is 17.1 Å². The van der Waals surface area contributed by atoms with E-state index >= 15 is 0 Å². The number of carboxylic acid groups (broad SMARTS) is 1. The summed E-state index contributed by atoms with van der Waals surface area (Å²) in [6.45, 7) is 2.09. The molecular formula is C11H13N3O2S2. The molecule has 2 rings (SSSR count). The van der Waals surface area contributed by atoms with Crippen LogP contribution in [0.15, 0.2) is 17.3 Å². The Bertz CT molecular complexity index is 536. The number of carbonyl (C=O) groups is 1. The minimum absolute atomic E-state index is 0.368. The van der Waals surface area contributed by atoms with E-state index in [1.54, 1.807) is 6.07 Å². The number of rotatable bonds is 6. The van der Waals surface area contributed by atoms with Gasteiger partial charge in [-0.3, -0.25) is 5.10 Å². The molecule has 0 atom stereocenters. The minimum atomic E-state index is -0.876. The first kappa shape index (κ1) is 13.1. The fourth-order valence-corrected chi connectivity index (χ4v) is 3.10. The lowest BCUT2D eigenvalue weighted by Gasteiger charge is -1.92. The van der Waals surface area contributed by atoms with Crippen molar-refractivity contribution in [2.24, 2.45) is 0 Å². The van der Waals surface area contributed by atoms with E-state index in [4.69, 9.17) is 5.11 Å². The van der Waals surface area contributed by atoms with E-state index in [0.717, 1.165) is 23.5 Å². The second-order valence-electron chi connectivity index (χ2n) is 3.67. The zero-order valence-electron chi connectivity index (χ0n) is 9.84. The zero-order valence-corrected chi connectivity index (χ0v) is 11.5. The van der Waals surface area contributed by atoms with E-state index in [-0.39, 0.29) is 0 Å². The number of thiophene rings is 1. The summed E-state index contributed by atoms with van der Waals surface area (Å²) in [5.41, 5.74) is 0. The molecule has 0 unspecified atom stereocenters. The van der Waals surface area contributed by atoms with Crippen LogP contribution in [-0.2, 0) is 12.2 Å². The summed E-state index contributed by atoms with van der Waals surface area (Å²) in [6.07, 6.45) is 1.93. The molecule has 0 spiro atoms. The Morgan fingerprint density at radius 3 is 3.06 bits per heavy atom. The summed E-state index contributed by atoms with van der Waals surface area (Å²) >= 11 is 2.80. The third-order valence-corrected chi connectivity index (χ3v) is 4.37. The second kappa shape index (κ2) is 6.01. The highest BCUT2D eigenvalue weighted by Crippen LogP contribution is 2.24. The fraction of sp³-hybridized carbons (Fsp3) is 0.364. The van der Waals surface area contributed by atoms with Gasteiger partial charge in [-0.25, -0.2) is 9.78 Å². The molecule has 0 aliphatic rings. The minimum Gasteiger partial charge on any atom is -0.477 e. The van der Waals surface area contributed by atoms with Gasteiger partial charge in [0.15, 0.2) is 0 Å². The third-order valence-electron chi connectivity index (χ3n) is 2.21. The van der Waals surface area contributed by atoms with Crippen molar-refractivity contribution >= 4 is 29.1 Å². The molecule has 0 aromatic carbocycles. The lowest BCUT2D eigenvalue weighted by Crippen LogP contribution is -1.89. The fourth-order valence-electron chi connectivity index (χ4n) is 1.40. The van der Waals surface area contributed by atoms with Crippen LogP contribution in [-0.4, -0.2) is 26.3 Å². The molecule has 0 saturated carbocycles. The van der Waals surface area contributed by atoms with Crippen LogP contribution < -0.4 is 0 Å². The van der Waals surface area contributed by atoms with Gasteiger partial charge in [-0.15, -0.1) is 16.4 Å². The maximum absolute atomic E-state index is 10.7. The van der Waals surface area contributed by atoms with E-state index < -0.39 is 5.97 Å². The third kappa shape index (κ3) is 3.33. The summed E-state index contributed by atoms with van der Waals surface area (Å²) in [5, 5.41) is 16.5. The number of aryl methyl sites for hydroxylation is 1. The molecule has 0 radical (unpaired) electrons. The van der Waals surface area contributed by atoms with Gasteiger partial charge >= 0.3 is 5.97 Å². The molecule has 5 nitrogen and oxygen atoms in total. The van der Waals surface area contributed by atoms with Crippen molar-refractivity contribution in [2.45, 2.75) is 30.7 Å². The molecule has 0 bridgehead atoms. The summed E-state index contributed by atoms with van der Waals surface area (Å²) < 4.78 is 0. The Labute approximate surface area is 113 Å². The molecule has 0 aliphatic heterocycles. The van der Waals surface area contributed by atoms with Crippen LogP contribution in [0.1, 0.15) is 33.7 Å². The molecule has 0 amide bonds. The predicted molar refractivity (Wildman–Crippen MR) is 71.2 cm³/mol. The molecule has 2 aromatic rings. The van der Waals surface area contributed by atoms with Crippen LogP contribution in [0.5, 0.6) is 0 Å². The lowest BCUT2D eigenvalue weighted by atomic mass is 10.3. The molecule has 2 N–H and O–H groups in total. The molecule has 96 valence electrons. The summed E-state index contributed by atoms with van der Waals surface area (Å²) in [6, 6.07) is 3.46. The molecule has 2 aromatic heterocycles. The van der Waals surface area contributed by atoms with Crippen molar-refractivity contribution in [3.8, 4) is 0 Å². The first-order valence-electron chi connectivity index (χ1n) is 5.55. The first-order chi connectivity index (χ1) is 8.69. The van der Waals surface area contributed by atoms with E-state index in [2.05, 4.69) is 22.1 Å². The largest absolute Gasteiger partial charge is 0.477 e. The molecule has 2 heterocycles. The van der Waals surface area contributed by atoms with Crippen molar-refractivity contribution in [1.82, 2.24) is 15.2 Å². The Morgan fingerprint density at radius 2 is 2.39 bits per heavy atom. The number of hydrogen-bond donors (Lipinski definition) is 2. The van der Waals surface area contributed by atoms with Gasteiger partial charge < -0.3 is 5.11 Å². The second-order valence-corrected chi connectivity index (χ2v) is 5.79. The van der Waals surface area contributed by atoms with Gasteiger partial charge in [0.2, 0.25) is 5.16 Å². The quantitative estimate of drug-likeness (QED) is 0.797. The van der Waals surface area contributed by atoms with Gasteiger partial charge in [-0.1, -0.05) is 18.7 Å².